The van der Waals surface area contributed by atoms with Gasteiger partial charge in [0, 0.05) is 25.7 Å². The molecule has 4 nitrogen and oxygen atoms in total. The first-order valence-electron chi connectivity index (χ1n) is 9.49. The second kappa shape index (κ2) is 9.21. The molecular weight excluding hydrogens is 327 g/mol. The topological polar surface area (TPSA) is 54.2 Å². The minimum Gasteiger partial charge on any atom is -0.330 e. The molecule has 5 heteroatoms. The summed E-state index contributed by atoms with van der Waals surface area (Å²) in [6, 6.07) is 10.6. The van der Waals surface area contributed by atoms with Gasteiger partial charge in [-0.25, -0.2) is 4.39 Å². The Morgan fingerprint density at radius 2 is 2.08 bits per heavy atom. The van der Waals surface area contributed by atoms with Gasteiger partial charge in [0.2, 0.25) is 0 Å². The van der Waals surface area contributed by atoms with E-state index in [1.807, 2.05) is 6.92 Å². The Labute approximate surface area is 155 Å². The van der Waals surface area contributed by atoms with Crippen LogP contribution in [0.5, 0.6) is 0 Å². The van der Waals surface area contributed by atoms with Gasteiger partial charge in [0.1, 0.15) is 5.82 Å². The molecule has 0 aliphatic carbocycles. The summed E-state index contributed by atoms with van der Waals surface area (Å²) >= 11 is 0. The lowest BCUT2D eigenvalue weighted by atomic mass is 9.95. The average molecular weight is 356 g/mol. The van der Waals surface area contributed by atoms with Crippen molar-refractivity contribution >= 4 is 0 Å². The third kappa shape index (κ3) is 5.10. The van der Waals surface area contributed by atoms with Crippen LogP contribution in [0.25, 0.3) is 0 Å². The summed E-state index contributed by atoms with van der Waals surface area (Å²) in [7, 11) is 0. The van der Waals surface area contributed by atoms with Crippen LogP contribution in [0.3, 0.4) is 0 Å². The van der Waals surface area contributed by atoms with E-state index >= 15 is 0 Å². The van der Waals surface area contributed by atoms with E-state index in [2.05, 4.69) is 39.5 Å². The van der Waals surface area contributed by atoms with Crippen molar-refractivity contribution in [2.24, 2.45) is 5.73 Å². The number of nitrogens with one attached hydrogen (secondary N) is 1. The number of nitrogens with zero attached hydrogens (tertiary/aromatic N) is 2. The zero-order chi connectivity index (χ0) is 18.4. The molecule has 3 N–H and O–H groups in total. The normalized spacial score (nSPS) is 16.7. The largest absolute Gasteiger partial charge is 0.330 e. The molecule has 0 fully saturated rings. The molecule has 3 rings (SSSR count). The summed E-state index contributed by atoms with van der Waals surface area (Å²) in [6.45, 7) is 6.25. The molecule has 1 aromatic heterocycles. The highest BCUT2D eigenvalue weighted by molar-refractivity contribution is 5.30. The standard InChI is InChI=1S/C21H29FN4/c1-16-10-19(22)13-25-21(16)15-26(9-5-4-8-23)14-20-11-17-6-2-3-7-18(17)12-24-20/h2-3,6-7,10,13,20,24H,4-5,8-9,11-12,14-15,23H2,1H3. The van der Waals surface area contributed by atoms with Crippen molar-refractivity contribution < 1.29 is 4.39 Å². The van der Waals surface area contributed by atoms with Crippen LogP contribution in [-0.2, 0) is 19.5 Å². The molecule has 0 bridgehead atoms. The minimum atomic E-state index is -0.272. The summed E-state index contributed by atoms with van der Waals surface area (Å²) in [6.07, 6.45) is 4.45. The molecule has 1 aliphatic heterocycles. The lowest BCUT2D eigenvalue weighted by Crippen LogP contribution is -2.45. The summed E-state index contributed by atoms with van der Waals surface area (Å²) in [5.41, 5.74) is 10.4. The first-order valence-corrected chi connectivity index (χ1v) is 9.49. The highest BCUT2D eigenvalue weighted by atomic mass is 19.1. The number of aryl methyl sites for hydroxylation is 1. The van der Waals surface area contributed by atoms with Crippen LogP contribution in [0.15, 0.2) is 36.5 Å². The molecule has 26 heavy (non-hydrogen) atoms. The van der Waals surface area contributed by atoms with Gasteiger partial charge in [-0.1, -0.05) is 24.3 Å². The van der Waals surface area contributed by atoms with Gasteiger partial charge in [0.05, 0.1) is 11.9 Å². The number of aromatic nitrogens is 1. The number of benzene rings is 1. The molecule has 0 radical (unpaired) electrons. The second-order valence-corrected chi connectivity index (χ2v) is 7.20. The Morgan fingerprint density at radius 1 is 1.27 bits per heavy atom. The third-order valence-electron chi connectivity index (χ3n) is 5.10. The molecule has 0 amide bonds. The van der Waals surface area contributed by atoms with Gasteiger partial charge < -0.3 is 11.1 Å². The maximum absolute atomic E-state index is 13.3. The van der Waals surface area contributed by atoms with E-state index in [1.54, 1.807) is 6.07 Å². The Kier molecular flexibility index (Phi) is 6.72. The highest BCUT2D eigenvalue weighted by Gasteiger charge is 2.20. The summed E-state index contributed by atoms with van der Waals surface area (Å²) in [4.78, 5) is 6.74. The lowest BCUT2D eigenvalue weighted by Gasteiger charge is -2.32. The molecule has 1 aromatic carbocycles. The highest BCUT2D eigenvalue weighted by Crippen LogP contribution is 2.18. The Hall–Kier alpha value is -1.82. The van der Waals surface area contributed by atoms with Crippen molar-refractivity contribution in [2.45, 2.75) is 45.3 Å². The Balaban J connectivity index is 1.66. The minimum absolute atomic E-state index is 0.272. The molecule has 2 aromatic rings. The summed E-state index contributed by atoms with van der Waals surface area (Å²) in [5, 5.41) is 3.66. The van der Waals surface area contributed by atoms with E-state index in [0.717, 1.165) is 63.2 Å². The van der Waals surface area contributed by atoms with Crippen LogP contribution in [0.4, 0.5) is 4.39 Å². The van der Waals surface area contributed by atoms with Crippen molar-refractivity contribution in [3.63, 3.8) is 0 Å². The fourth-order valence-electron chi connectivity index (χ4n) is 3.62. The number of unbranched alkanes of at least 4 members (excludes halogenated alkanes) is 1. The quantitative estimate of drug-likeness (QED) is 0.714. The SMILES string of the molecule is Cc1cc(F)cnc1CN(CCCCN)CC1Cc2ccccc2CN1. The van der Waals surface area contributed by atoms with Crippen LogP contribution in [0, 0.1) is 12.7 Å². The molecule has 1 aliphatic rings. The predicted molar refractivity (Wildman–Crippen MR) is 103 cm³/mol. The molecular formula is C21H29FN4. The van der Waals surface area contributed by atoms with Crippen molar-refractivity contribution in [3.05, 3.63) is 64.7 Å². The van der Waals surface area contributed by atoms with Crippen LogP contribution in [-0.4, -0.2) is 35.6 Å². The van der Waals surface area contributed by atoms with Gasteiger partial charge in [0.25, 0.3) is 0 Å². The molecule has 0 saturated heterocycles. The predicted octanol–water partition coefficient (Wildman–Crippen LogP) is 2.78. The molecule has 1 unspecified atom stereocenters. The number of fused-ring (bicyclic) bond motifs is 1. The maximum Gasteiger partial charge on any atom is 0.141 e. The third-order valence-corrected chi connectivity index (χ3v) is 5.10. The van der Waals surface area contributed by atoms with Crippen LogP contribution < -0.4 is 11.1 Å². The lowest BCUT2D eigenvalue weighted by molar-refractivity contribution is 0.222. The van der Waals surface area contributed by atoms with E-state index in [-0.39, 0.29) is 5.82 Å². The molecule has 0 spiro atoms. The molecule has 1 atom stereocenters. The molecule has 140 valence electrons. The van der Waals surface area contributed by atoms with Crippen LogP contribution >= 0.6 is 0 Å². The van der Waals surface area contributed by atoms with Gasteiger partial charge in [-0.05, 0) is 62.0 Å². The van der Waals surface area contributed by atoms with E-state index in [0.29, 0.717) is 6.04 Å². The average Bonchev–Trinajstić information content (AvgIpc) is 2.64. The van der Waals surface area contributed by atoms with Gasteiger partial charge in [0.15, 0.2) is 0 Å². The fraction of sp³-hybridized carbons (Fsp3) is 0.476. The maximum atomic E-state index is 13.3. The number of nitrogens with two attached hydrogens (primary N) is 1. The summed E-state index contributed by atoms with van der Waals surface area (Å²) < 4.78 is 13.3. The zero-order valence-corrected chi connectivity index (χ0v) is 15.5. The Bertz CT molecular complexity index is 719. The van der Waals surface area contributed by atoms with Crippen molar-refractivity contribution in [3.8, 4) is 0 Å². The van der Waals surface area contributed by atoms with Gasteiger partial charge in [-0.3, -0.25) is 9.88 Å². The van der Waals surface area contributed by atoms with Gasteiger partial charge in [-0.2, -0.15) is 0 Å². The van der Waals surface area contributed by atoms with Gasteiger partial charge >= 0.3 is 0 Å². The zero-order valence-electron chi connectivity index (χ0n) is 15.5. The Morgan fingerprint density at radius 3 is 2.85 bits per heavy atom. The number of rotatable bonds is 8. The summed E-state index contributed by atoms with van der Waals surface area (Å²) in [5.74, 6) is -0.272. The molecule has 2 heterocycles. The number of halogens is 1. The van der Waals surface area contributed by atoms with Crippen molar-refractivity contribution in [1.29, 1.82) is 0 Å². The van der Waals surface area contributed by atoms with E-state index in [9.17, 15) is 4.39 Å². The van der Waals surface area contributed by atoms with E-state index in [1.165, 1.54) is 17.3 Å². The van der Waals surface area contributed by atoms with Crippen LogP contribution in [0.2, 0.25) is 0 Å². The smallest absolute Gasteiger partial charge is 0.141 e. The van der Waals surface area contributed by atoms with Crippen LogP contribution in [0.1, 0.15) is 35.2 Å². The van der Waals surface area contributed by atoms with Crippen molar-refractivity contribution in [2.75, 3.05) is 19.6 Å². The number of hydrogen-bond donors (Lipinski definition) is 2. The second-order valence-electron chi connectivity index (χ2n) is 7.20. The van der Waals surface area contributed by atoms with Crippen molar-refractivity contribution in [1.82, 2.24) is 15.2 Å². The van der Waals surface area contributed by atoms with E-state index < -0.39 is 0 Å². The number of hydrogen-bond acceptors (Lipinski definition) is 4. The monoisotopic (exact) mass is 356 g/mol. The van der Waals surface area contributed by atoms with E-state index in [4.69, 9.17) is 5.73 Å². The molecule has 0 saturated carbocycles. The van der Waals surface area contributed by atoms with Gasteiger partial charge in [-0.15, -0.1) is 0 Å². The number of pyridine rings is 1. The first-order chi connectivity index (χ1) is 12.7. The first kappa shape index (κ1) is 19.0. The fourth-order valence-corrected chi connectivity index (χ4v) is 3.62.